The Morgan fingerprint density at radius 1 is 1.28 bits per heavy atom. The summed E-state index contributed by atoms with van der Waals surface area (Å²) in [6.07, 6.45) is 0.864. The second-order valence-corrected chi connectivity index (χ2v) is 6.14. The van der Waals surface area contributed by atoms with E-state index in [2.05, 4.69) is 10.6 Å². The summed E-state index contributed by atoms with van der Waals surface area (Å²) in [4.78, 5) is 37.8. The van der Waals surface area contributed by atoms with Crippen LogP contribution in [0.1, 0.15) is 18.4 Å². The second-order valence-electron chi connectivity index (χ2n) is 6.14. The van der Waals surface area contributed by atoms with Crippen LogP contribution in [0.4, 0.5) is 4.79 Å². The third-order valence-electron chi connectivity index (χ3n) is 4.54. The lowest BCUT2D eigenvalue weighted by molar-refractivity contribution is -0.137. The van der Waals surface area contributed by atoms with E-state index in [0.29, 0.717) is 32.6 Å². The van der Waals surface area contributed by atoms with E-state index in [0.717, 1.165) is 16.2 Å². The van der Waals surface area contributed by atoms with Crippen LogP contribution in [0.5, 0.6) is 5.75 Å². The Balaban J connectivity index is 1.55. The predicted octanol–water partition coefficient (Wildman–Crippen LogP) is 0.412. The number of urea groups is 1. The van der Waals surface area contributed by atoms with E-state index >= 15 is 0 Å². The van der Waals surface area contributed by atoms with Crippen LogP contribution in [-0.4, -0.2) is 55.2 Å². The normalized spacial score (nSPS) is 19.0. The Morgan fingerprint density at radius 2 is 1.96 bits per heavy atom. The van der Waals surface area contributed by atoms with Gasteiger partial charge < -0.3 is 20.1 Å². The van der Waals surface area contributed by atoms with Gasteiger partial charge in [0.05, 0.1) is 7.11 Å². The van der Waals surface area contributed by atoms with Crippen molar-refractivity contribution in [2.45, 2.75) is 24.9 Å². The van der Waals surface area contributed by atoms with Crippen molar-refractivity contribution in [2.24, 2.45) is 0 Å². The number of amides is 4. The van der Waals surface area contributed by atoms with Crippen LogP contribution < -0.4 is 15.4 Å². The number of nitrogens with zero attached hydrogens (tertiary/aromatic N) is 1. The molecule has 2 aliphatic heterocycles. The van der Waals surface area contributed by atoms with Crippen LogP contribution in [0.15, 0.2) is 24.3 Å². The number of carbonyl (C=O) groups excluding carboxylic acids is 3. The number of hydrogen-bond acceptors (Lipinski definition) is 5. The summed E-state index contributed by atoms with van der Waals surface area (Å²) in [7, 11) is 1.58. The number of rotatable bonds is 5. The van der Waals surface area contributed by atoms with Gasteiger partial charge >= 0.3 is 6.03 Å². The maximum Gasteiger partial charge on any atom is 0.325 e. The van der Waals surface area contributed by atoms with Crippen LogP contribution in [0, 0.1) is 0 Å². The van der Waals surface area contributed by atoms with Crippen LogP contribution >= 0.6 is 0 Å². The molecule has 2 fully saturated rings. The molecule has 0 atom stereocenters. The van der Waals surface area contributed by atoms with Gasteiger partial charge in [0.15, 0.2) is 0 Å². The number of benzene rings is 1. The number of methoxy groups -OCH3 is 1. The molecule has 8 heteroatoms. The Labute approximate surface area is 145 Å². The third-order valence-corrected chi connectivity index (χ3v) is 4.54. The van der Waals surface area contributed by atoms with Crippen LogP contribution in [0.2, 0.25) is 0 Å². The largest absolute Gasteiger partial charge is 0.497 e. The first kappa shape index (κ1) is 17.2. The van der Waals surface area contributed by atoms with Gasteiger partial charge in [-0.3, -0.25) is 14.5 Å². The quantitative estimate of drug-likeness (QED) is 0.752. The van der Waals surface area contributed by atoms with Gasteiger partial charge in [-0.05, 0) is 17.7 Å². The molecule has 0 bridgehead atoms. The van der Waals surface area contributed by atoms with Crippen molar-refractivity contribution in [3.05, 3.63) is 29.8 Å². The van der Waals surface area contributed by atoms with Crippen molar-refractivity contribution < 1.29 is 23.9 Å². The van der Waals surface area contributed by atoms with Crippen LogP contribution in [-0.2, 0) is 20.9 Å². The molecule has 1 aromatic rings. The lowest BCUT2D eigenvalue weighted by Crippen LogP contribution is -2.51. The highest BCUT2D eigenvalue weighted by Crippen LogP contribution is 2.28. The molecular formula is C17H21N3O5. The van der Waals surface area contributed by atoms with Crippen molar-refractivity contribution in [2.75, 3.05) is 26.9 Å². The van der Waals surface area contributed by atoms with Crippen molar-refractivity contribution in [1.82, 2.24) is 15.5 Å². The van der Waals surface area contributed by atoms with E-state index in [-0.39, 0.29) is 18.4 Å². The molecule has 1 aromatic carbocycles. The molecule has 0 radical (unpaired) electrons. The van der Waals surface area contributed by atoms with E-state index in [9.17, 15) is 14.4 Å². The fraction of sp³-hybridized carbons (Fsp3) is 0.471. The minimum atomic E-state index is -0.911. The molecule has 0 aromatic heterocycles. The third kappa shape index (κ3) is 3.58. The van der Waals surface area contributed by atoms with Crippen LogP contribution in [0.25, 0.3) is 0 Å². The van der Waals surface area contributed by atoms with Gasteiger partial charge in [-0.1, -0.05) is 12.1 Å². The lowest BCUT2D eigenvalue weighted by Gasteiger charge is -2.30. The smallest absolute Gasteiger partial charge is 0.325 e. The molecule has 2 heterocycles. The van der Waals surface area contributed by atoms with Gasteiger partial charge in [0, 0.05) is 32.6 Å². The van der Waals surface area contributed by atoms with Crippen LogP contribution in [0.3, 0.4) is 0 Å². The summed E-state index contributed by atoms with van der Waals surface area (Å²) in [5.41, 5.74) is -0.0155. The fourth-order valence-electron chi connectivity index (χ4n) is 3.02. The van der Waals surface area contributed by atoms with E-state index in [1.807, 2.05) is 12.1 Å². The average molecular weight is 347 g/mol. The predicted molar refractivity (Wildman–Crippen MR) is 87.9 cm³/mol. The first-order chi connectivity index (χ1) is 12.0. The molecule has 0 saturated carbocycles. The van der Waals surface area contributed by atoms with Gasteiger partial charge in [0.25, 0.3) is 5.91 Å². The minimum Gasteiger partial charge on any atom is -0.497 e. The lowest BCUT2D eigenvalue weighted by atomic mass is 9.90. The van der Waals surface area contributed by atoms with Gasteiger partial charge in [0.1, 0.15) is 17.8 Å². The van der Waals surface area contributed by atoms with E-state index in [1.165, 1.54) is 0 Å². The average Bonchev–Trinajstić information content (AvgIpc) is 2.85. The fourth-order valence-corrected chi connectivity index (χ4v) is 3.02. The highest BCUT2D eigenvalue weighted by Gasteiger charge is 2.52. The van der Waals surface area contributed by atoms with Gasteiger partial charge in [0.2, 0.25) is 5.91 Å². The number of hydrogen-bond donors (Lipinski definition) is 2. The SMILES string of the molecule is COc1ccc(CNC(=O)CN2C(=O)NC3(CCOCC3)C2=O)cc1. The first-order valence-corrected chi connectivity index (χ1v) is 8.15. The zero-order valence-corrected chi connectivity index (χ0v) is 14.0. The molecule has 134 valence electrons. The van der Waals surface area contributed by atoms with E-state index in [1.54, 1.807) is 19.2 Å². The molecule has 0 aliphatic carbocycles. The Hall–Kier alpha value is -2.61. The molecule has 8 nitrogen and oxygen atoms in total. The van der Waals surface area contributed by atoms with Crippen molar-refractivity contribution in [3.63, 3.8) is 0 Å². The number of ether oxygens (including phenoxy) is 2. The minimum absolute atomic E-state index is 0.288. The Bertz CT molecular complexity index is 667. The van der Waals surface area contributed by atoms with E-state index in [4.69, 9.17) is 9.47 Å². The molecular weight excluding hydrogens is 326 g/mol. The molecule has 4 amide bonds. The molecule has 2 aliphatic rings. The first-order valence-electron chi connectivity index (χ1n) is 8.15. The maximum absolute atomic E-state index is 12.6. The van der Waals surface area contributed by atoms with Gasteiger partial charge in [-0.2, -0.15) is 0 Å². The molecule has 0 unspecified atom stereocenters. The molecule has 2 N–H and O–H groups in total. The highest BCUT2D eigenvalue weighted by molar-refractivity contribution is 6.09. The standard InChI is InChI=1S/C17H21N3O5/c1-24-13-4-2-12(3-5-13)10-18-14(21)11-20-15(22)17(19-16(20)23)6-8-25-9-7-17/h2-5H,6-11H2,1H3,(H,18,21)(H,19,23). The maximum atomic E-state index is 12.6. The van der Waals surface area contributed by atoms with Crippen molar-refractivity contribution in [1.29, 1.82) is 0 Å². The summed E-state index contributed by atoms with van der Waals surface area (Å²) >= 11 is 0. The van der Waals surface area contributed by atoms with E-state index < -0.39 is 11.6 Å². The summed E-state index contributed by atoms with van der Waals surface area (Å²) < 4.78 is 10.3. The second kappa shape index (κ2) is 7.10. The zero-order chi connectivity index (χ0) is 17.9. The summed E-state index contributed by atoms with van der Waals surface area (Å²) in [5, 5.41) is 5.44. The van der Waals surface area contributed by atoms with Gasteiger partial charge in [-0.15, -0.1) is 0 Å². The zero-order valence-electron chi connectivity index (χ0n) is 14.0. The summed E-state index contributed by atoms with van der Waals surface area (Å²) in [6, 6.07) is 6.75. The van der Waals surface area contributed by atoms with Gasteiger partial charge in [-0.25, -0.2) is 4.79 Å². The monoisotopic (exact) mass is 347 g/mol. The molecule has 1 spiro atoms. The summed E-state index contributed by atoms with van der Waals surface area (Å²) in [6.45, 7) is 0.863. The Kier molecular flexibility index (Phi) is 4.89. The number of carbonyl (C=O) groups is 3. The summed E-state index contributed by atoms with van der Waals surface area (Å²) in [5.74, 6) is -0.00000413. The number of imide groups is 1. The molecule has 3 rings (SSSR count). The van der Waals surface area contributed by atoms with Crippen molar-refractivity contribution >= 4 is 17.8 Å². The molecule has 2 saturated heterocycles. The molecule has 25 heavy (non-hydrogen) atoms. The van der Waals surface area contributed by atoms with Crippen molar-refractivity contribution in [3.8, 4) is 5.75 Å². The Morgan fingerprint density at radius 3 is 2.60 bits per heavy atom. The highest BCUT2D eigenvalue weighted by atomic mass is 16.5. The topological polar surface area (TPSA) is 97.0 Å². The number of nitrogens with one attached hydrogen (secondary N) is 2.